The molecule has 5 heteroatoms. The molecule has 0 bridgehead atoms. The van der Waals surface area contributed by atoms with Crippen molar-refractivity contribution in [3.05, 3.63) is 170 Å². The zero-order chi connectivity index (χ0) is 34.6. The molecule has 0 saturated carbocycles. The number of hydrogen-bond acceptors (Lipinski definition) is 3. The Labute approximate surface area is 307 Å². The smallest absolute Gasteiger partial charge is 0.165 e. The number of benzene rings is 8. The van der Waals surface area contributed by atoms with Crippen molar-refractivity contribution in [1.29, 1.82) is 0 Å². The van der Waals surface area contributed by atoms with E-state index in [2.05, 4.69) is 167 Å². The van der Waals surface area contributed by atoms with E-state index in [0.29, 0.717) is 0 Å². The molecule has 4 aromatic heterocycles. The van der Waals surface area contributed by atoms with E-state index in [1.165, 1.54) is 69.2 Å². The summed E-state index contributed by atoms with van der Waals surface area (Å²) in [5.74, 6) is 0.820. The molecule has 0 spiro atoms. The van der Waals surface area contributed by atoms with Gasteiger partial charge in [0.05, 0.1) is 38.8 Å². The summed E-state index contributed by atoms with van der Waals surface area (Å²) in [5, 5.41) is 9.67. The van der Waals surface area contributed by atoms with Gasteiger partial charge in [-0.25, -0.2) is 9.97 Å². The Kier molecular flexibility index (Phi) is 5.90. The largest absolute Gasteiger partial charge is 0.308 e. The van der Waals surface area contributed by atoms with E-state index in [0.717, 1.165) is 39.1 Å². The summed E-state index contributed by atoms with van der Waals surface area (Å²) in [4.78, 5) is 11.0. The van der Waals surface area contributed by atoms with Gasteiger partial charge < -0.3 is 4.57 Å². The fourth-order valence-corrected chi connectivity index (χ4v) is 9.82. The molecular weight excluding hydrogens is 665 g/mol. The van der Waals surface area contributed by atoms with Crippen LogP contribution in [0.25, 0.3) is 108 Å². The molecule has 0 aliphatic carbocycles. The second-order valence-corrected chi connectivity index (χ2v) is 14.8. The second-order valence-electron chi connectivity index (χ2n) is 13.7. The van der Waals surface area contributed by atoms with Crippen molar-refractivity contribution in [3.8, 4) is 22.8 Å². The molecule has 0 N–H and O–H groups in total. The summed E-state index contributed by atoms with van der Waals surface area (Å²) in [5.41, 5.74) is 9.42. The first kappa shape index (κ1) is 28.8. The number of aromatic nitrogens is 4. The Balaban J connectivity index is 1.29. The number of hydrogen-bond donors (Lipinski definition) is 0. The fraction of sp³-hybridized carbons (Fsp3) is 0. The van der Waals surface area contributed by atoms with Crippen molar-refractivity contribution >= 4 is 96.9 Å². The first-order chi connectivity index (χ1) is 26.3. The maximum absolute atomic E-state index is 5.53. The second kappa shape index (κ2) is 10.8. The molecule has 12 rings (SSSR count). The van der Waals surface area contributed by atoms with Crippen LogP contribution in [0.3, 0.4) is 0 Å². The van der Waals surface area contributed by atoms with Gasteiger partial charge in [-0.05, 0) is 53.9 Å². The Bertz CT molecular complexity index is 3420. The molecule has 53 heavy (non-hydrogen) atoms. The summed E-state index contributed by atoms with van der Waals surface area (Å²) in [6, 6.07) is 61.0. The molecular formula is C48H28N4S. The molecule has 4 heterocycles. The van der Waals surface area contributed by atoms with E-state index in [1.807, 2.05) is 23.5 Å². The molecule has 12 aromatic rings. The Hall–Kier alpha value is -6.82. The van der Waals surface area contributed by atoms with Crippen molar-refractivity contribution in [2.45, 2.75) is 0 Å². The molecule has 4 nitrogen and oxygen atoms in total. The average Bonchev–Trinajstić information content (AvgIpc) is 3.87. The van der Waals surface area contributed by atoms with E-state index in [4.69, 9.17) is 9.97 Å². The van der Waals surface area contributed by atoms with Gasteiger partial charge in [-0.1, -0.05) is 121 Å². The van der Waals surface area contributed by atoms with Gasteiger partial charge in [0.1, 0.15) is 5.69 Å². The van der Waals surface area contributed by atoms with Gasteiger partial charge >= 0.3 is 0 Å². The highest BCUT2D eigenvalue weighted by Gasteiger charge is 2.25. The summed E-state index contributed by atoms with van der Waals surface area (Å²) in [6.45, 7) is 0. The summed E-state index contributed by atoms with van der Waals surface area (Å²) in [7, 11) is 0. The van der Waals surface area contributed by atoms with Crippen LogP contribution in [0.4, 0.5) is 0 Å². The van der Waals surface area contributed by atoms with Crippen LogP contribution in [-0.2, 0) is 0 Å². The fourth-order valence-electron chi connectivity index (χ4n) is 8.69. The van der Waals surface area contributed by atoms with Crippen LogP contribution in [-0.4, -0.2) is 19.1 Å². The molecule has 0 atom stereocenters. The maximum atomic E-state index is 5.53. The van der Waals surface area contributed by atoms with Gasteiger partial charge in [-0.15, -0.1) is 11.3 Å². The standard InChI is InChI=1S/C48H28N4S/c1-2-15-30-29(14-1)28-41-45(47(30)51-38-23-9-3-16-31(38)32-17-4-10-24-39(32)51)33-18-5-11-25-40(33)52(41)48-46(49-36-21-7-8-22-37(36)50-48)35-20-13-27-43-44(35)34-19-6-12-26-42(34)53-43/h1-28H. The van der Waals surface area contributed by atoms with Crippen LogP contribution in [0.15, 0.2) is 170 Å². The van der Waals surface area contributed by atoms with Crippen LogP contribution in [0, 0.1) is 0 Å². The van der Waals surface area contributed by atoms with Gasteiger partial charge in [-0.2, -0.15) is 0 Å². The predicted molar refractivity (Wildman–Crippen MR) is 224 cm³/mol. The minimum Gasteiger partial charge on any atom is -0.308 e. The number of fused-ring (bicyclic) bond motifs is 11. The number of para-hydroxylation sites is 5. The number of nitrogens with zero attached hydrogens (tertiary/aromatic N) is 4. The van der Waals surface area contributed by atoms with Gasteiger partial charge in [0, 0.05) is 52.7 Å². The van der Waals surface area contributed by atoms with Gasteiger partial charge in [0.15, 0.2) is 5.82 Å². The van der Waals surface area contributed by atoms with Crippen molar-refractivity contribution in [2.24, 2.45) is 0 Å². The lowest BCUT2D eigenvalue weighted by molar-refractivity contribution is 1.08. The van der Waals surface area contributed by atoms with Gasteiger partial charge in [-0.3, -0.25) is 4.57 Å². The quantitative estimate of drug-likeness (QED) is 0.185. The highest BCUT2D eigenvalue weighted by Crippen LogP contribution is 2.46. The minimum absolute atomic E-state index is 0.820. The van der Waals surface area contributed by atoms with Crippen LogP contribution in [0.2, 0.25) is 0 Å². The summed E-state index contributed by atoms with van der Waals surface area (Å²) >= 11 is 1.83. The molecule has 0 amide bonds. The van der Waals surface area contributed by atoms with Crippen molar-refractivity contribution in [1.82, 2.24) is 19.1 Å². The summed E-state index contributed by atoms with van der Waals surface area (Å²) in [6.07, 6.45) is 0. The van der Waals surface area contributed by atoms with Crippen molar-refractivity contribution < 1.29 is 0 Å². The first-order valence-corrected chi connectivity index (χ1v) is 18.7. The van der Waals surface area contributed by atoms with E-state index in [9.17, 15) is 0 Å². The van der Waals surface area contributed by atoms with Crippen LogP contribution >= 0.6 is 11.3 Å². The Morgan fingerprint density at radius 3 is 1.72 bits per heavy atom. The van der Waals surface area contributed by atoms with Crippen LogP contribution in [0.1, 0.15) is 0 Å². The lowest BCUT2D eigenvalue weighted by Gasteiger charge is -2.17. The van der Waals surface area contributed by atoms with Gasteiger partial charge in [0.25, 0.3) is 0 Å². The molecule has 246 valence electrons. The normalized spacial score (nSPS) is 12.2. The third kappa shape index (κ3) is 4.00. The zero-order valence-electron chi connectivity index (χ0n) is 28.4. The van der Waals surface area contributed by atoms with E-state index in [-0.39, 0.29) is 0 Å². The summed E-state index contributed by atoms with van der Waals surface area (Å²) < 4.78 is 7.37. The molecule has 0 radical (unpaired) electrons. The maximum Gasteiger partial charge on any atom is 0.165 e. The molecule has 8 aromatic carbocycles. The third-order valence-electron chi connectivity index (χ3n) is 10.9. The van der Waals surface area contributed by atoms with Crippen molar-refractivity contribution in [3.63, 3.8) is 0 Å². The lowest BCUT2D eigenvalue weighted by Crippen LogP contribution is -2.04. The highest BCUT2D eigenvalue weighted by atomic mass is 32.1. The van der Waals surface area contributed by atoms with Crippen LogP contribution in [0.5, 0.6) is 0 Å². The van der Waals surface area contributed by atoms with Crippen LogP contribution < -0.4 is 0 Å². The average molecular weight is 693 g/mol. The molecule has 0 fully saturated rings. The molecule has 0 saturated heterocycles. The van der Waals surface area contributed by atoms with Gasteiger partial charge in [0.2, 0.25) is 0 Å². The van der Waals surface area contributed by atoms with E-state index >= 15 is 0 Å². The molecule has 0 aliphatic rings. The monoisotopic (exact) mass is 692 g/mol. The number of rotatable bonds is 3. The Morgan fingerprint density at radius 2 is 0.962 bits per heavy atom. The third-order valence-corrected chi connectivity index (χ3v) is 12.0. The first-order valence-electron chi connectivity index (χ1n) is 17.9. The Morgan fingerprint density at radius 1 is 0.396 bits per heavy atom. The highest BCUT2D eigenvalue weighted by molar-refractivity contribution is 7.25. The topological polar surface area (TPSA) is 35.6 Å². The predicted octanol–water partition coefficient (Wildman–Crippen LogP) is 13.0. The van der Waals surface area contributed by atoms with E-state index in [1.54, 1.807) is 0 Å². The molecule has 0 aliphatic heterocycles. The molecule has 0 unspecified atom stereocenters. The van der Waals surface area contributed by atoms with E-state index < -0.39 is 0 Å². The SMILES string of the molecule is c1ccc2c(-n3c4ccccc4c4ccccc43)c3c4ccccc4n(-c4nc5ccccc5nc4-c4cccc5sc6ccccc6c45)c3cc2c1. The lowest BCUT2D eigenvalue weighted by atomic mass is 10.0. The minimum atomic E-state index is 0.820. The number of thiophene rings is 1. The zero-order valence-corrected chi connectivity index (χ0v) is 29.2. The van der Waals surface area contributed by atoms with Crippen molar-refractivity contribution in [2.75, 3.05) is 0 Å².